The first kappa shape index (κ1) is 36.7. The van der Waals surface area contributed by atoms with Crippen LogP contribution >= 0.6 is 0 Å². The van der Waals surface area contributed by atoms with E-state index >= 15 is 8.78 Å². The van der Waals surface area contributed by atoms with Gasteiger partial charge in [-0.15, -0.1) is 0 Å². The van der Waals surface area contributed by atoms with Crippen LogP contribution in [0.3, 0.4) is 0 Å². The molecule has 2 aliphatic heterocycles. The highest BCUT2D eigenvalue weighted by molar-refractivity contribution is 7.91. The number of H-pyrrole nitrogens is 1. The van der Waals surface area contributed by atoms with Crippen LogP contribution in [0, 0.1) is 17.0 Å². The van der Waals surface area contributed by atoms with Gasteiger partial charge in [0.1, 0.15) is 23.2 Å². The van der Waals surface area contributed by atoms with E-state index in [2.05, 4.69) is 31.5 Å². The van der Waals surface area contributed by atoms with Crippen LogP contribution in [0.15, 0.2) is 98.8 Å². The van der Waals surface area contributed by atoms with Crippen molar-refractivity contribution < 1.29 is 27.8 Å². The highest BCUT2D eigenvalue weighted by Crippen LogP contribution is 2.42. The number of hydrogen-bond donors (Lipinski definition) is 2. The molecule has 3 unspecified atom stereocenters. The first-order valence-corrected chi connectivity index (χ1v) is 19.5. The van der Waals surface area contributed by atoms with Gasteiger partial charge in [0, 0.05) is 76.3 Å². The maximum absolute atomic E-state index is 15.9. The van der Waals surface area contributed by atoms with Crippen molar-refractivity contribution >= 4 is 51.1 Å². The number of allylic oxidation sites excluding steroid dienone is 1. The van der Waals surface area contributed by atoms with Crippen LogP contribution in [-0.2, 0) is 39.0 Å². The summed E-state index contributed by atoms with van der Waals surface area (Å²) in [5.41, 5.74) is 6.42. The van der Waals surface area contributed by atoms with Gasteiger partial charge in [0.15, 0.2) is 15.6 Å². The Morgan fingerprint density at radius 2 is 1.86 bits per heavy atom. The lowest BCUT2D eigenvalue weighted by Crippen LogP contribution is -2.33. The Kier molecular flexibility index (Phi) is 10.4. The lowest BCUT2D eigenvalue weighted by atomic mass is 9.73. The standard InChI is InChI=1S/C40H41F2N3O4S2/c1-25-20-35-40(4,27-9-6-8-26(21-27)10-13-36(46)47)17-7-16-39(2,3)24-50(48)19-15-30-29-14-18-43-34(29)23-33(42)37(30)51(49)28-11-12-32(41)31(22-28)38(44-35)45(25)5/h6,8-14,18,21-23,43H,7,15-17,19,24H2,1-5H3,(H,46,47)/b13-10+. The number of carbonyl (C=O) groups is 1. The zero-order chi connectivity index (χ0) is 36.7. The summed E-state index contributed by atoms with van der Waals surface area (Å²) < 4.78 is 59.8. The van der Waals surface area contributed by atoms with E-state index in [0.29, 0.717) is 51.4 Å². The van der Waals surface area contributed by atoms with Crippen molar-refractivity contribution in [3.8, 4) is 0 Å². The Labute approximate surface area is 303 Å². The van der Waals surface area contributed by atoms with Gasteiger partial charge in [0.05, 0.1) is 17.0 Å². The van der Waals surface area contributed by atoms with Gasteiger partial charge >= 0.3 is 5.97 Å². The number of aryl methyl sites for hydroxylation is 1. The molecule has 3 heterocycles. The fourth-order valence-electron chi connectivity index (χ4n) is 6.98. The molecule has 11 heteroatoms. The third-order valence-corrected chi connectivity index (χ3v) is 13.2. The number of hydrogen-bond acceptors (Lipinski definition) is 5. The molecule has 0 radical (unpaired) electrons. The predicted molar refractivity (Wildman–Crippen MR) is 200 cm³/mol. The van der Waals surface area contributed by atoms with E-state index in [1.165, 1.54) is 30.3 Å². The lowest BCUT2D eigenvalue weighted by Gasteiger charge is -2.35. The summed E-state index contributed by atoms with van der Waals surface area (Å²) in [5.74, 6) is -1.30. The summed E-state index contributed by atoms with van der Waals surface area (Å²) >= 11 is -3.31. The number of nitrogens with one attached hydrogen (secondary N) is 1. The number of fused-ring (bicyclic) bond motifs is 7. The summed E-state index contributed by atoms with van der Waals surface area (Å²) in [6, 6.07) is 14.8. The number of carboxylic acid groups (broad SMARTS) is 1. The number of aliphatic carboxylic acids is 1. The van der Waals surface area contributed by atoms with Crippen LogP contribution in [-0.4, -0.2) is 54.5 Å². The van der Waals surface area contributed by atoms with Crippen molar-refractivity contribution in [3.63, 3.8) is 0 Å². The van der Waals surface area contributed by atoms with E-state index in [9.17, 15) is 19.0 Å². The number of carboxylic acids is 1. The van der Waals surface area contributed by atoms with Gasteiger partial charge in [-0.1, -0.05) is 61.4 Å². The Morgan fingerprint density at radius 3 is 2.63 bits per heavy atom. The fourth-order valence-corrected chi connectivity index (χ4v) is 9.89. The van der Waals surface area contributed by atoms with E-state index in [4.69, 9.17) is 4.99 Å². The number of aliphatic imine (C=N–C) groups is 1. The summed E-state index contributed by atoms with van der Waals surface area (Å²) in [5, 5.41) is 9.95. The number of halogens is 2. The monoisotopic (exact) mass is 729 g/mol. The number of amidine groups is 1. The topological polar surface area (TPSA) is 115 Å². The largest absolute Gasteiger partial charge is 0.616 e. The van der Waals surface area contributed by atoms with Gasteiger partial charge in [-0.05, 0) is 62.1 Å². The molecule has 4 aromatic rings. The molecule has 0 saturated heterocycles. The second kappa shape index (κ2) is 14.5. The molecule has 2 N–H and O–H groups in total. The molecule has 0 fully saturated rings. The lowest BCUT2D eigenvalue weighted by molar-refractivity contribution is -0.131. The summed E-state index contributed by atoms with van der Waals surface area (Å²) in [6.45, 7) is 8.10. The molecule has 0 aliphatic carbocycles. The van der Waals surface area contributed by atoms with E-state index in [1.807, 2.05) is 37.3 Å². The Morgan fingerprint density at radius 1 is 1.08 bits per heavy atom. The molecule has 7 nitrogen and oxygen atoms in total. The minimum atomic E-state index is -2.05. The number of aromatic nitrogens is 1. The molecule has 4 bridgehead atoms. The molecular weight excluding hydrogens is 689 g/mol. The van der Waals surface area contributed by atoms with Gasteiger partial charge in [-0.3, -0.25) is 0 Å². The zero-order valence-corrected chi connectivity index (χ0v) is 30.9. The molecule has 266 valence electrons. The molecule has 0 amide bonds. The van der Waals surface area contributed by atoms with Crippen LogP contribution in [0.25, 0.3) is 17.0 Å². The molecule has 2 aliphatic rings. The van der Waals surface area contributed by atoms with Gasteiger partial charge in [-0.25, -0.2) is 18.6 Å². The maximum atomic E-state index is 15.9. The second-order valence-corrected chi connectivity index (χ2v) is 17.2. The van der Waals surface area contributed by atoms with Crippen LogP contribution in [0.4, 0.5) is 8.78 Å². The highest BCUT2D eigenvalue weighted by atomic mass is 32.2. The maximum Gasteiger partial charge on any atom is 0.328 e. The van der Waals surface area contributed by atoms with Crippen LogP contribution in [0.5, 0.6) is 0 Å². The summed E-state index contributed by atoms with van der Waals surface area (Å²) in [7, 11) is 1.77. The average Bonchev–Trinajstić information content (AvgIpc) is 3.55. The molecule has 1 aromatic heterocycles. The van der Waals surface area contributed by atoms with Crippen LogP contribution in [0.2, 0.25) is 0 Å². The first-order chi connectivity index (χ1) is 24.2. The van der Waals surface area contributed by atoms with Crippen molar-refractivity contribution in [1.29, 1.82) is 0 Å². The van der Waals surface area contributed by atoms with Gasteiger partial charge in [-0.2, -0.15) is 0 Å². The number of aromatic amines is 1. The summed E-state index contributed by atoms with van der Waals surface area (Å²) in [4.78, 5) is 21.3. The van der Waals surface area contributed by atoms with E-state index in [-0.39, 0.29) is 32.9 Å². The number of nitrogens with zero attached hydrogens (tertiary/aromatic N) is 2. The highest BCUT2D eigenvalue weighted by Gasteiger charge is 2.37. The molecule has 3 aromatic carbocycles. The van der Waals surface area contributed by atoms with Crippen molar-refractivity contribution in [2.75, 3.05) is 18.6 Å². The fraction of sp³-hybridized carbons (Fsp3) is 0.325. The number of rotatable bonds is 3. The third kappa shape index (κ3) is 7.59. The normalized spacial score (nSPS) is 22.8. The Hall–Kier alpha value is -4.12. The zero-order valence-electron chi connectivity index (χ0n) is 29.3. The Balaban J connectivity index is 1.55. The predicted octanol–water partition coefficient (Wildman–Crippen LogP) is 8.25. The van der Waals surface area contributed by atoms with Crippen molar-refractivity contribution in [2.45, 2.75) is 68.6 Å². The quantitative estimate of drug-likeness (QED) is 0.125. The molecule has 6 rings (SSSR count). The Bertz CT molecular complexity index is 2130. The molecule has 0 spiro atoms. The van der Waals surface area contributed by atoms with Gasteiger partial charge in [0.2, 0.25) is 0 Å². The molecule has 51 heavy (non-hydrogen) atoms. The second-order valence-electron chi connectivity index (χ2n) is 14.3. The molecule has 0 saturated carbocycles. The smallest absolute Gasteiger partial charge is 0.328 e. The van der Waals surface area contributed by atoms with Gasteiger partial charge in [0.25, 0.3) is 0 Å². The molecule has 3 atom stereocenters. The first-order valence-electron chi connectivity index (χ1n) is 16.8. The molecular formula is C40H41F2N3O4S2. The van der Waals surface area contributed by atoms with Crippen molar-refractivity contribution in [2.24, 2.45) is 10.4 Å². The summed E-state index contributed by atoms with van der Waals surface area (Å²) in [6.07, 6.45) is 6.68. The average molecular weight is 730 g/mol. The minimum absolute atomic E-state index is 0.00274. The van der Waals surface area contributed by atoms with Crippen molar-refractivity contribution in [1.82, 2.24) is 9.88 Å². The van der Waals surface area contributed by atoms with E-state index in [1.54, 1.807) is 18.1 Å². The SMILES string of the molecule is CC1=C=C2N=C(c3cc(ccc3F)[S+]([O-])c3c(F)cc4[nH]ccc4c3CC[S+]([O-])CC(C)(C)CCCC2(C)c2cccc(/C=C/C(=O)O)c2)N1C. The van der Waals surface area contributed by atoms with Crippen LogP contribution in [0.1, 0.15) is 69.2 Å². The minimum Gasteiger partial charge on any atom is -0.616 e. The third-order valence-electron chi connectivity index (χ3n) is 9.91. The number of benzene rings is 3. The van der Waals surface area contributed by atoms with Crippen LogP contribution < -0.4 is 0 Å². The van der Waals surface area contributed by atoms with E-state index in [0.717, 1.165) is 24.5 Å². The van der Waals surface area contributed by atoms with Gasteiger partial charge < -0.3 is 24.1 Å². The van der Waals surface area contributed by atoms with E-state index < -0.39 is 45.4 Å². The van der Waals surface area contributed by atoms with Crippen molar-refractivity contribution in [3.05, 3.63) is 118 Å².